The summed E-state index contributed by atoms with van der Waals surface area (Å²) in [6.45, 7) is 0.765. The summed E-state index contributed by atoms with van der Waals surface area (Å²) in [6, 6.07) is 3.84. The third-order valence-corrected chi connectivity index (χ3v) is 1.98. The monoisotopic (exact) mass is 219 g/mol. The van der Waals surface area contributed by atoms with Gasteiger partial charge in [-0.3, -0.25) is 4.79 Å². The number of amides is 1. The Morgan fingerprint density at radius 1 is 1.50 bits per heavy atom. The third-order valence-electron chi connectivity index (χ3n) is 1.67. The van der Waals surface area contributed by atoms with Crippen LogP contribution in [0, 0.1) is 0 Å². The molecule has 0 aliphatic heterocycles. The van der Waals surface area contributed by atoms with Crippen LogP contribution < -0.4 is 5.32 Å². The van der Waals surface area contributed by atoms with Crippen LogP contribution in [0.3, 0.4) is 0 Å². The second-order valence-electron chi connectivity index (χ2n) is 2.85. The highest BCUT2D eigenvalue weighted by atomic mass is 35.5. The molecule has 1 aromatic rings. The van der Waals surface area contributed by atoms with Crippen molar-refractivity contribution in [3.8, 4) is 0 Å². The maximum atomic E-state index is 12.9. The van der Waals surface area contributed by atoms with Crippen molar-refractivity contribution in [1.82, 2.24) is 0 Å². The lowest BCUT2D eigenvalue weighted by atomic mass is 10.1. The summed E-state index contributed by atoms with van der Waals surface area (Å²) in [5.74, 6) is -2.98. The first-order chi connectivity index (χ1) is 6.45. The number of hydrogen-bond acceptors (Lipinski definition) is 1. The number of alkyl halides is 2. The molecule has 1 aromatic carbocycles. The van der Waals surface area contributed by atoms with E-state index in [2.05, 4.69) is 5.32 Å². The Labute approximate surface area is 84.9 Å². The van der Waals surface area contributed by atoms with Crippen LogP contribution >= 0.6 is 11.6 Å². The molecule has 0 atom stereocenters. The molecule has 0 fully saturated rings. The average molecular weight is 220 g/mol. The number of nitrogens with one attached hydrogen (secondary N) is 1. The SMILES string of the molecule is CC(F)(F)c1ccc(NC=O)cc1Cl. The van der Waals surface area contributed by atoms with Crippen LogP contribution in [0.2, 0.25) is 5.02 Å². The summed E-state index contributed by atoms with van der Waals surface area (Å²) in [6.07, 6.45) is 0.454. The predicted octanol–water partition coefficient (Wildman–Crippen LogP) is 3.02. The summed E-state index contributed by atoms with van der Waals surface area (Å²) in [5.41, 5.74) is 0.133. The number of carbonyl (C=O) groups excluding carboxylic acids is 1. The first kappa shape index (κ1) is 10.9. The molecule has 1 N–H and O–H groups in total. The van der Waals surface area contributed by atoms with Gasteiger partial charge in [0.15, 0.2) is 0 Å². The van der Waals surface area contributed by atoms with Crippen molar-refractivity contribution in [2.75, 3.05) is 5.32 Å². The van der Waals surface area contributed by atoms with Crippen LogP contribution in [-0.2, 0) is 10.7 Å². The lowest BCUT2D eigenvalue weighted by molar-refractivity contribution is -0.105. The molecule has 0 saturated carbocycles. The summed E-state index contributed by atoms with van der Waals surface area (Å²) in [4.78, 5) is 10.1. The predicted molar refractivity (Wildman–Crippen MR) is 50.7 cm³/mol. The molecule has 0 spiro atoms. The Hall–Kier alpha value is -1.16. The number of halogens is 3. The first-order valence-electron chi connectivity index (χ1n) is 3.83. The third kappa shape index (κ3) is 2.42. The molecular formula is C9H8ClF2NO. The molecule has 0 radical (unpaired) electrons. The Balaban J connectivity index is 3.07. The molecule has 1 amide bonds. The van der Waals surface area contributed by atoms with Gasteiger partial charge in [0.2, 0.25) is 6.41 Å². The van der Waals surface area contributed by atoms with Crippen molar-refractivity contribution < 1.29 is 13.6 Å². The minimum absolute atomic E-state index is 0.0654. The quantitative estimate of drug-likeness (QED) is 0.778. The number of benzene rings is 1. The van der Waals surface area contributed by atoms with E-state index in [9.17, 15) is 13.6 Å². The standard InChI is InChI=1S/C9H8ClF2NO/c1-9(11,12)7-3-2-6(13-5-14)4-8(7)10/h2-5H,1H3,(H,13,14). The van der Waals surface area contributed by atoms with Crippen LogP contribution in [0.1, 0.15) is 12.5 Å². The Bertz CT molecular complexity index is 349. The van der Waals surface area contributed by atoms with Gasteiger partial charge in [-0.1, -0.05) is 11.6 Å². The van der Waals surface area contributed by atoms with E-state index in [1.54, 1.807) is 0 Å². The molecule has 0 aromatic heterocycles. The van der Waals surface area contributed by atoms with Crippen LogP contribution in [0.25, 0.3) is 0 Å². The maximum Gasteiger partial charge on any atom is 0.271 e. The highest BCUT2D eigenvalue weighted by Gasteiger charge is 2.26. The molecule has 14 heavy (non-hydrogen) atoms. The fraction of sp³-hybridized carbons (Fsp3) is 0.222. The summed E-state index contributed by atoms with van der Waals surface area (Å²) >= 11 is 5.61. The van der Waals surface area contributed by atoms with Gasteiger partial charge in [-0.2, -0.15) is 0 Å². The largest absolute Gasteiger partial charge is 0.329 e. The second kappa shape index (κ2) is 3.92. The molecule has 1 rings (SSSR count). The molecule has 76 valence electrons. The lowest BCUT2D eigenvalue weighted by Gasteiger charge is -2.12. The molecule has 5 heteroatoms. The molecule has 0 unspecified atom stereocenters. The minimum Gasteiger partial charge on any atom is -0.329 e. The Morgan fingerprint density at radius 3 is 2.57 bits per heavy atom. The zero-order chi connectivity index (χ0) is 10.8. The Kier molecular flexibility index (Phi) is 3.06. The highest BCUT2D eigenvalue weighted by molar-refractivity contribution is 6.31. The number of rotatable bonds is 3. The van der Waals surface area contributed by atoms with Gasteiger partial charge >= 0.3 is 0 Å². The maximum absolute atomic E-state index is 12.9. The fourth-order valence-corrected chi connectivity index (χ4v) is 1.38. The normalized spacial score (nSPS) is 11.1. The summed E-state index contributed by atoms with van der Waals surface area (Å²) in [7, 11) is 0. The van der Waals surface area contributed by atoms with E-state index >= 15 is 0 Å². The van der Waals surface area contributed by atoms with E-state index in [1.165, 1.54) is 18.2 Å². The molecule has 0 aliphatic carbocycles. The molecule has 0 aliphatic rings. The van der Waals surface area contributed by atoms with Crippen molar-refractivity contribution >= 4 is 23.7 Å². The van der Waals surface area contributed by atoms with Gasteiger partial charge < -0.3 is 5.32 Å². The van der Waals surface area contributed by atoms with Crippen molar-refractivity contribution in [2.24, 2.45) is 0 Å². The lowest BCUT2D eigenvalue weighted by Crippen LogP contribution is -2.08. The number of hydrogen-bond donors (Lipinski definition) is 1. The van der Waals surface area contributed by atoms with Gasteiger partial charge in [0, 0.05) is 18.2 Å². The average Bonchev–Trinajstić information content (AvgIpc) is 2.02. The van der Waals surface area contributed by atoms with Crippen LogP contribution in [0.15, 0.2) is 18.2 Å². The van der Waals surface area contributed by atoms with Crippen LogP contribution in [-0.4, -0.2) is 6.41 Å². The van der Waals surface area contributed by atoms with Gasteiger partial charge in [-0.25, -0.2) is 8.78 Å². The molecule has 0 heterocycles. The number of carbonyl (C=O) groups is 1. The van der Waals surface area contributed by atoms with Gasteiger partial charge in [0.1, 0.15) is 0 Å². The van der Waals surface area contributed by atoms with E-state index in [0.29, 0.717) is 12.1 Å². The zero-order valence-electron chi connectivity index (χ0n) is 7.35. The topological polar surface area (TPSA) is 29.1 Å². The molecular weight excluding hydrogens is 212 g/mol. The van der Waals surface area contributed by atoms with E-state index in [4.69, 9.17) is 11.6 Å². The minimum atomic E-state index is -2.98. The highest BCUT2D eigenvalue weighted by Crippen LogP contribution is 2.34. The van der Waals surface area contributed by atoms with Gasteiger partial charge in [0.25, 0.3) is 5.92 Å². The van der Waals surface area contributed by atoms with Gasteiger partial charge in [0.05, 0.1) is 5.02 Å². The second-order valence-corrected chi connectivity index (χ2v) is 3.25. The smallest absolute Gasteiger partial charge is 0.271 e. The first-order valence-corrected chi connectivity index (χ1v) is 4.21. The summed E-state index contributed by atoms with van der Waals surface area (Å²) < 4.78 is 25.7. The van der Waals surface area contributed by atoms with Crippen molar-refractivity contribution in [3.05, 3.63) is 28.8 Å². The molecule has 0 saturated heterocycles. The van der Waals surface area contributed by atoms with E-state index in [1.807, 2.05) is 0 Å². The Morgan fingerprint density at radius 2 is 2.14 bits per heavy atom. The zero-order valence-corrected chi connectivity index (χ0v) is 8.11. The van der Waals surface area contributed by atoms with Gasteiger partial charge in [-0.15, -0.1) is 0 Å². The van der Waals surface area contributed by atoms with Crippen molar-refractivity contribution in [1.29, 1.82) is 0 Å². The van der Waals surface area contributed by atoms with Gasteiger partial charge in [-0.05, 0) is 18.2 Å². The van der Waals surface area contributed by atoms with Crippen molar-refractivity contribution in [2.45, 2.75) is 12.8 Å². The van der Waals surface area contributed by atoms with E-state index in [-0.39, 0.29) is 10.6 Å². The summed E-state index contributed by atoms with van der Waals surface area (Å²) in [5, 5.41) is 2.25. The van der Waals surface area contributed by atoms with Crippen LogP contribution in [0.4, 0.5) is 14.5 Å². The van der Waals surface area contributed by atoms with Crippen LogP contribution in [0.5, 0.6) is 0 Å². The number of anilines is 1. The molecule has 2 nitrogen and oxygen atoms in total. The van der Waals surface area contributed by atoms with E-state index in [0.717, 1.165) is 6.92 Å². The fourth-order valence-electron chi connectivity index (χ4n) is 1.03. The van der Waals surface area contributed by atoms with E-state index < -0.39 is 5.92 Å². The van der Waals surface area contributed by atoms with Crippen molar-refractivity contribution in [3.63, 3.8) is 0 Å². The molecule has 0 bridgehead atoms.